The van der Waals surface area contributed by atoms with Crippen molar-refractivity contribution in [1.29, 1.82) is 0 Å². The smallest absolute Gasteiger partial charge is 0.127 e. The predicted molar refractivity (Wildman–Crippen MR) is 99.3 cm³/mol. The van der Waals surface area contributed by atoms with E-state index in [2.05, 4.69) is 27.1 Å². The van der Waals surface area contributed by atoms with Gasteiger partial charge in [-0.15, -0.1) is 11.3 Å². The highest BCUT2D eigenvalue weighted by Crippen LogP contribution is 2.27. The molecule has 0 saturated carbocycles. The fourth-order valence-corrected chi connectivity index (χ4v) is 3.92. The SMILES string of the molecule is COc1ccc(CN[C@H](Cc2ccsc2)c2nccs2)c(OC)c1. The first-order valence-electron chi connectivity index (χ1n) is 7.65. The summed E-state index contributed by atoms with van der Waals surface area (Å²) in [6.45, 7) is 0.710. The Bertz CT molecular complexity index is 742. The summed E-state index contributed by atoms with van der Waals surface area (Å²) in [6, 6.07) is 8.26. The van der Waals surface area contributed by atoms with Gasteiger partial charge in [0, 0.05) is 29.8 Å². The van der Waals surface area contributed by atoms with Gasteiger partial charge in [0.1, 0.15) is 16.5 Å². The minimum absolute atomic E-state index is 0.186. The van der Waals surface area contributed by atoms with Gasteiger partial charge in [0.2, 0.25) is 0 Å². The number of thiophene rings is 1. The second kappa shape index (κ2) is 8.28. The lowest BCUT2D eigenvalue weighted by molar-refractivity contribution is 0.388. The molecule has 0 spiro atoms. The molecule has 6 heteroatoms. The number of hydrogen-bond donors (Lipinski definition) is 1. The third kappa shape index (κ3) is 4.14. The minimum Gasteiger partial charge on any atom is -0.497 e. The minimum atomic E-state index is 0.186. The van der Waals surface area contributed by atoms with Crippen molar-refractivity contribution in [2.24, 2.45) is 0 Å². The van der Waals surface area contributed by atoms with E-state index in [1.165, 1.54) is 5.56 Å². The van der Waals surface area contributed by atoms with Crippen molar-refractivity contribution in [3.8, 4) is 11.5 Å². The standard InChI is InChI=1S/C18H20N2O2S2/c1-21-15-4-3-14(17(10-15)22-2)11-20-16(18-19-6-8-24-18)9-13-5-7-23-12-13/h3-8,10,12,16,20H,9,11H2,1-2H3/t16-/m1/s1. The van der Waals surface area contributed by atoms with Crippen molar-refractivity contribution in [2.45, 2.75) is 19.0 Å². The normalized spacial score (nSPS) is 12.1. The maximum Gasteiger partial charge on any atom is 0.127 e. The summed E-state index contributed by atoms with van der Waals surface area (Å²) in [7, 11) is 3.34. The average Bonchev–Trinajstić information content (AvgIpc) is 3.32. The molecule has 4 nitrogen and oxygen atoms in total. The van der Waals surface area contributed by atoms with Crippen molar-refractivity contribution in [3.63, 3.8) is 0 Å². The number of nitrogens with one attached hydrogen (secondary N) is 1. The molecule has 0 saturated heterocycles. The van der Waals surface area contributed by atoms with Gasteiger partial charge in [-0.1, -0.05) is 6.07 Å². The zero-order valence-corrected chi connectivity index (χ0v) is 15.3. The molecule has 126 valence electrons. The van der Waals surface area contributed by atoms with Crippen LogP contribution in [0.4, 0.5) is 0 Å². The highest BCUT2D eigenvalue weighted by molar-refractivity contribution is 7.09. The molecule has 0 aliphatic heterocycles. The Hall–Kier alpha value is -1.89. The van der Waals surface area contributed by atoms with Crippen molar-refractivity contribution in [2.75, 3.05) is 14.2 Å². The molecule has 0 fully saturated rings. The summed E-state index contributed by atoms with van der Waals surface area (Å²) in [6.07, 6.45) is 2.78. The van der Waals surface area contributed by atoms with Gasteiger partial charge >= 0.3 is 0 Å². The van der Waals surface area contributed by atoms with E-state index in [1.54, 1.807) is 36.9 Å². The fourth-order valence-electron chi connectivity index (χ4n) is 2.53. The van der Waals surface area contributed by atoms with Gasteiger partial charge in [0.05, 0.1) is 20.3 Å². The number of nitrogens with zero attached hydrogens (tertiary/aromatic N) is 1. The summed E-state index contributed by atoms with van der Waals surface area (Å²) >= 11 is 3.41. The molecule has 0 aliphatic rings. The fraction of sp³-hybridized carbons (Fsp3) is 0.278. The molecule has 24 heavy (non-hydrogen) atoms. The highest BCUT2D eigenvalue weighted by atomic mass is 32.1. The molecule has 0 aliphatic carbocycles. The first-order valence-corrected chi connectivity index (χ1v) is 9.47. The summed E-state index contributed by atoms with van der Waals surface area (Å²) in [5.41, 5.74) is 2.43. The highest BCUT2D eigenvalue weighted by Gasteiger charge is 2.16. The van der Waals surface area contributed by atoms with Crippen LogP contribution in [0.15, 0.2) is 46.6 Å². The molecule has 2 aromatic heterocycles. The largest absolute Gasteiger partial charge is 0.497 e. The van der Waals surface area contributed by atoms with Crippen LogP contribution in [0.25, 0.3) is 0 Å². The van der Waals surface area contributed by atoms with E-state index in [0.717, 1.165) is 28.5 Å². The monoisotopic (exact) mass is 360 g/mol. The number of benzene rings is 1. The van der Waals surface area contributed by atoms with Crippen molar-refractivity contribution in [1.82, 2.24) is 10.3 Å². The molecular formula is C18H20N2O2S2. The second-order valence-corrected chi connectivity index (χ2v) is 7.02. The Balaban J connectivity index is 1.74. The van der Waals surface area contributed by atoms with Crippen LogP contribution in [-0.2, 0) is 13.0 Å². The van der Waals surface area contributed by atoms with Gasteiger partial charge in [-0.05, 0) is 34.9 Å². The summed E-state index contributed by atoms with van der Waals surface area (Å²) in [5, 5.41) is 11.0. The third-order valence-electron chi connectivity index (χ3n) is 3.80. The van der Waals surface area contributed by atoms with Gasteiger partial charge in [-0.2, -0.15) is 11.3 Å². The van der Waals surface area contributed by atoms with Crippen LogP contribution in [-0.4, -0.2) is 19.2 Å². The maximum absolute atomic E-state index is 5.49. The number of ether oxygens (including phenoxy) is 2. The topological polar surface area (TPSA) is 43.4 Å². The van der Waals surface area contributed by atoms with Gasteiger partial charge < -0.3 is 14.8 Å². The Kier molecular flexibility index (Phi) is 5.85. The van der Waals surface area contributed by atoms with Crippen molar-refractivity contribution < 1.29 is 9.47 Å². The molecule has 0 bridgehead atoms. The summed E-state index contributed by atoms with van der Waals surface area (Å²) < 4.78 is 10.7. The second-order valence-electron chi connectivity index (χ2n) is 5.32. The van der Waals surface area contributed by atoms with Crippen LogP contribution >= 0.6 is 22.7 Å². The number of thiazole rings is 1. The first kappa shape index (κ1) is 17.0. The first-order chi connectivity index (χ1) is 11.8. The van der Waals surface area contributed by atoms with E-state index >= 15 is 0 Å². The van der Waals surface area contributed by atoms with E-state index in [9.17, 15) is 0 Å². The molecule has 3 aromatic rings. The van der Waals surface area contributed by atoms with Crippen LogP contribution in [0, 0.1) is 0 Å². The Labute approximate surface area is 150 Å². The van der Waals surface area contributed by atoms with Crippen LogP contribution in [0.2, 0.25) is 0 Å². The Morgan fingerprint density at radius 2 is 2.08 bits per heavy atom. The van der Waals surface area contributed by atoms with E-state index < -0.39 is 0 Å². The maximum atomic E-state index is 5.49. The molecule has 0 radical (unpaired) electrons. The number of hydrogen-bond acceptors (Lipinski definition) is 6. The van der Waals surface area contributed by atoms with Crippen LogP contribution in [0.5, 0.6) is 11.5 Å². The average molecular weight is 361 g/mol. The molecule has 3 rings (SSSR count). The zero-order valence-electron chi connectivity index (χ0n) is 13.7. The molecule has 2 heterocycles. The van der Waals surface area contributed by atoms with E-state index in [0.29, 0.717) is 6.54 Å². The van der Waals surface area contributed by atoms with Gasteiger partial charge in [-0.25, -0.2) is 4.98 Å². The third-order valence-corrected chi connectivity index (χ3v) is 5.42. The molecule has 1 aromatic carbocycles. The summed E-state index contributed by atoms with van der Waals surface area (Å²) in [5.74, 6) is 1.63. The van der Waals surface area contributed by atoms with Crippen LogP contribution in [0.3, 0.4) is 0 Å². The lowest BCUT2D eigenvalue weighted by Crippen LogP contribution is -2.23. The van der Waals surface area contributed by atoms with Gasteiger partial charge in [-0.3, -0.25) is 0 Å². The lowest BCUT2D eigenvalue weighted by atomic mass is 10.1. The number of methoxy groups -OCH3 is 2. The van der Waals surface area contributed by atoms with E-state index in [1.807, 2.05) is 29.8 Å². The Morgan fingerprint density at radius 1 is 1.17 bits per heavy atom. The van der Waals surface area contributed by atoms with Crippen molar-refractivity contribution in [3.05, 3.63) is 62.7 Å². The molecule has 0 unspecified atom stereocenters. The molecule has 1 N–H and O–H groups in total. The van der Waals surface area contributed by atoms with Gasteiger partial charge in [0.15, 0.2) is 0 Å². The van der Waals surface area contributed by atoms with E-state index in [4.69, 9.17) is 9.47 Å². The number of rotatable bonds is 8. The zero-order chi connectivity index (χ0) is 16.8. The quantitative estimate of drug-likeness (QED) is 0.651. The van der Waals surface area contributed by atoms with E-state index in [-0.39, 0.29) is 6.04 Å². The number of aromatic nitrogens is 1. The molecular weight excluding hydrogens is 340 g/mol. The molecule has 0 amide bonds. The lowest BCUT2D eigenvalue weighted by Gasteiger charge is -2.18. The predicted octanol–water partition coefficient (Wildman–Crippen LogP) is 4.30. The molecule has 1 atom stereocenters. The van der Waals surface area contributed by atoms with Crippen molar-refractivity contribution >= 4 is 22.7 Å². The van der Waals surface area contributed by atoms with Crippen LogP contribution < -0.4 is 14.8 Å². The Morgan fingerprint density at radius 3 is 2.75 bits per heavy atom. The van der Waals surface area contributed by atoms with Gasteiger partial charge in [0.25, 0.3) is 0 Å². The summed E-state index contributed by atoms with van der Waals surface area (Å²) in [4.78, 5) is 4.49. The van der Waals surface area contributed by atoms with Crippen LogP contribution in [0.1, 0.15) is 22.2 Å².